The maximum atomic E-state index is 11.9. The van der Waals surface area contributed by atoms with Gasteiger partial charge in [-0.3, -0.25) is 4.79 Å². The van der Waals surface area contributed by atoms with Gasteiger partial charge in [0.05, 0.1) is 12.3 Å². The molecule has 23 heavy (non-hydrogen) atoms. The highest BCUT2D eigenvalue weighted by Gasteiger charge is 2.23. The van der Waals surface area contributed by atoms with Gasteiger partial charge in [-0.05, 0) is 37.1 Å². The minimum absolute atomic E-state index is 0.0894. The Labute approximate surface area is 142 Å². The van der Waals surface area contributed by atoms with Gasteiger partial charge in [-0.2, -0.15) is 4.98 Å². The van der Waals surface area contributed by atoms with Crippen LogP contribution in [0, 0.1) is 0 Å². The number of benzene rings is 1. The monoisotopic (exact) mass is 353 g/mol. The zero-order valence-electron chi connectivity index (χ0n) is 12.3. The van der Waals surface area contributed by atoms with Crippen molar-refractivity contribution >= 4 is 29.3 Å². The summed E-state index contributed by atoms with van der Waals surface area (Å²) >= 11 is 7.26. The van der Waals surface area contributed by atoms with Gasteiger partial charge in [-0.1, -0.05) is 16.8 Å². The number of ether oxygens (including phenoxy) is 1. The first-order valence-electron chi connectivity index (χ1n) is 7.30. The van der Waals surface area contributed by atoms with E-state index in [9.17, 15) is 4.79 Å². The third kappa shape index (κ3) is 4.70. The molecule has 1 aliphatic rings. The number of aromatic nitrogens is 2. The second kappa shape index (κ2) is 7.81. The van der Waals surface area contributed by atoms with Crippen molar-refractivity contribution in [3.05, 3.63) is 41.0 Å². The number of hydrogen-bond acceptors (Lipinski definition) is 6. The van der Waals surface area contributed by atoms with Crippen LogP contribution in [0.3, 0.4) is 0 Å². The Balaban J connectivity index is 1.42. The van der Waals surface area contributed by atoms with Crippen LogP contribution in [0.5, 0.6) is 0 Å². The van der Waals surface area contributed by atoms with Gasteiger partial charge in [0.15, 0.2) is 5.82 Å². The number of thioether (sulfide) groups is 1. The van der Waals surface area contributed by atoms with Gasteiger partial charge in [-0.15, -0.1) is 11.8 Å². The Kier molecular flexibility index (Phi) is 5.53. The van der Waals surface area contributed by atoms with Gasteiger partial charge in [0, 0.05) is 16.5 Å². The molecular weight excluding hydrogens is 338 g/mol. The van der Waals surface area contributed by atoms with Crippen LogP contribution in [-0.4, -0.2) is 28.4 Å². The molecule has 1 aromatic carbocycles. The maximum Gasteiger partial charge on any atom is 0.255 e. The summed E-state index contributed by atoms with van der Waals surface area (Å²) in [6.07, 6.45) is 1.79. The van der Waals surface area contributed by atoms with E-state index in [-0.39, 0.29) is 18.6 Å². The normalized spacial score (nSPS) is 17.3. The average Bonchev–Trinajstić information content (AvgIpc) is 3.23. The molecule has 8 heteroatoms. The lowest BCUT2D eigenvalue weighted by Crippen LogP contribution is -2.25. The molecule has 1 fully saturated rings. The number of carbonyl (C=O) groups is 1. The van der Waals surface area contributed by atoms with Crippen LogP contribution in [0.1, 0.15) is 30.7 Å². The first kappa shape index (κ1) is 16.3. The van der Waals surface area contributed by atoms with Gasteiger partial charge < -0.3 is 14.6 Å². The predicted molar refractivity (Wildman–Crippen MR) is 86.2 cm³/mol. The summed E-state index contributed by atoms with van der Waals surface area (Å²) in [4.78, 5) is 17.1. The first-order valence-corrected chi connectivity index (χ1v) is 8.66. The van der Waals surface area contributed by atoms with Crippen molar-refractivity contribution < 1.29 is 14.1 Å². The maximum absolute atomic E-state index is 11.9. The van der Waals surface area contributed by atoms with Crippen molar-refractivity contribution in [1.29, 1.82) is 0 Å². The van der Waals surface area contributed by atoms with E-state index >= 15 is 0 Å². The molecule has 0 radical (unpaired) electrons. The highest BCUT2D eigenvalue weighted by molar-refractivity contribution is 8.00. The summed E-state index contributed by atoms with van der Waals surface area (Å²) in [5, 5.41) is 7.31. The molecule has 1 atom stereocenters. The van der Waals surface area contributed by atoms with E-state index in [1.807, 2.05) is 12.1 Å². The molecule has 3 rings (SSSR count). The summed E-state index contributed by atoms with van der Waals surface area (Å²) < 4.78 is 10.6. The van der Waals surface area contributed by atoms with E-state index in [0.717, 1.165) is 24.3 Å². The van der Waals surface area contributed by atoms with E-state index < -0.39 is 0 Å². The van der Waals surface area contributed by atoms with Crippen molar-refractivity contribution in [1.82, 2.24) is 15.5 Å². The molecule has 1 saturated heterocycles. The quantitative estimate of drug-likeness (QED) is 0.804. The molecular formula is C15H16ClN3O3S. The van der Waals surface area contributed by atoms with Gasteiger partial charge in [0.1, 0.15) is 6.10 Å². The molecule has 1 amide bonds. The van der Waals surface area contributed by atoms with Crippen molar-refractivity contribution in [2.45, 2.75) is 30.4 Å². The number of rotatable bonds is 6. The fraction of sp³-hybridized carbons (Fsp3) is 0.400. The van der Waals surface area contributed by atoms with E-state index in [2.05, 4.69) is 15.5 Å². The number of nitrogens with zero attached hydrogens (tertiary/aromatic N) is 2. The predicted octanol–water partition coefficient (Wildman–Crippen LogP) is 2.98. The van der Waals surface area contributed by atoms with Crippen molar-refractivity contribution in [3.63, 3.8) is 0 Å². The topological polar surface area (TPSA) is 77.2 Å². The Morgan fingerprint density at radius 3 is 2.96 bits per heavy atom. The van der Waals surface area contributed by atoms with Crippen LogP contribution >= 0.6 is 23.4 Å². The summed E-state index contributed by atoms with van der Waals surface area (Å²) in [7, 11) is 0. The number of hydrogen-bond donors (Lipinski definition) is 1. The van der Waals surface area contributed by atoms with E-state index in [0.29, 0.717) is 22.5 Å². The molecule has 0 saturated carbocycles. The van der Waals surface area contributed by atoms with Crippen molar-refractivity contribution in [2.75, 3.05) is 12.4 Å². The van der Waals surface area contributed by atoms with Crippen LogP contribution in [-0.2, 0) is 16.1 Å². The zero-order chi connectivity index (χ0) is 16.1. The molecule has 1 N–H and O–H groups in total. The number of amides is 1. The summed E-state index contributed by atoms with van der Waals surface area (Å²) in [5.74, 6) is 1.17. The second-order valence-corrected chi connectivity index (χ2v) is 6.56. The summed E-state index contributed by atoms with van der Waals surface area (Å²) in [6, 6.07) is 7.36. The van der Waals surface area contributed by atoms with Crippen LogP contribution in [0.4, 0.5) is 0 Å². The van der Waals surface area contributed by atoms with Crippen LogP contribution < -0.4 is 5.32 Å². The largest absolute Gasteiger partial charge is 0.368 e. The Bertz CT molecular complexity index is 656. The average molecular weight is 354 g/mol. The molecule has 1 aliphatic heterocycles. The minimum Gasteiger partial charge on any atom is -0.368 e. The molecule has 2 aromatic rings. The summed E-state index contributed by atoms with van der Waals surface area (Å²) in [5.41, 5.74) is 0. The standard InChI is InChI=1S/C15H16ClN3O3S/c16-10-3-5-11(6-4-10)23-9-14(20)17-8-13-18-15(22-19-13)12-2-1-7-21-12/h3-6,12H,1-2,7-9H2,(H,17,20)/t12-/m1/s1. The van der Waals surface area contributed by atoms with E-state index in [1.54, 1.807) is 12.1 Å². The molecule has 122 valence electrons. The molecule has 2 heterocycles. The number of halogens is 1. The lowest BCUT2D eigenvalue weighted by molar-refractivity contribution is -0.118. The van der Waals surface area contributed by atoms with Crippen LogP contribution in [0.15, 0.2) is 33.7 Å². The minimum atomic E-state index is -0.104. The van der Waals surface area contributed by atoms with Gasteiger partial charge >= 0.3 is 0 Å². The summed E-state index contributed by atoms with van der Waals surface area (Å²) in [6.45, 7) is 0.970. The zero-order valence-corrected chi connectivity index (χ0v) is 13.9. The Morgan fingerprint density at radius 1 is 1.39 bits per heavy atom. The Morgan fingerprint density at radius 2 is 2.22 bits per heavy atom. The van der Waals surface area contributed by atoms with Crippen molar-refractivity contribution in [2.24, 2.45) is 0 Å². The SMILES string of the molecule is O=C(CSc1ccc(Cl)cc1)NCc1noc([C@H]2CCCO2)n1. The lowest BCUT2D eigenvalue weighted by atomic mass is 10.2. The third-order valence-electron chi connectivity index (χ3n) is 3.32. The molecule has 0 spiro atoms. The highest BCUT2D eigenvalue weighted by atomic mass is 35.5. The lowest BCUT2D eigenvalue weighted by Gasteiger charge is -2.03. The van der Waals surface area contributed by atoms with Crippen molar-refractivity contribution in [3.8, 4) is 0 Å². The second-order valence-electron chi connectivity index (χ2n) is 5.07. The Hall–Kier alpha value is -1.57. The first-order chi connectivity index (χ1) is 11.2. The van der Waals surface area contributed by atoms with Gasteiger partial charge in [-0.25, -0.2) is 0 Å². The van der Waals surface area contributed by atoms with Crippen LogP contribution in [0.25, 0.3) is 0 Å². The fourth-order valence-electron chi connectivity index (χ4n) is 2.15. The smallest absolute Gasteiger partial charge is 0.255 e. The number of nitrogens with one attached hydrogen (secondary N) is 1. The van der Waals surface area contributed by atoms with Crippen LogP contribution in [0.2, 0.25) is 5.02 Å². The third-order valence-corrected chi connectivity index (χ3v) is 4.58. The molecule has 0 aliphatic carbocycles. The molecule has 1 aromatic heterocycles. The van der Waals surface area contributed by atoms with E-state index in [4.69, 9.17) is 20.9 Å². The molecule has 0 bridgehead atoms. The number of carbonyl (C=O) groups excluding carboxylic acids is 1. The van der Waals surface area contributed by atoms with Gasteiger partial charge in [0.25, 0.3) is 5.89 Å². The highest BCUT2D eigenvalue weighted by Crippen LogP contribution is 2.26. The fourth-order valence-corrected chi connectivity index (χ4v) is 3.01. The van der Waals surface area contributed by atoms with E-state index in [1.165, 1.54) is 11.8 Å². The molecule has 6 nitrogen and oxygen atoms in total. The van der Waals surface area contributed by atoms with Gasteiger partial charge in [0.2, 0.25) is 5.91 Å². The molecule has 0 unspecified atom stereocenters.